The summed E-state index contributed by atoms with van der Waals surface area (Å²) in [6.45, 7) is 5.88. The van der Waals surface area contributed by atoms with E-state index in [1.807, 2.05) is 13.8 Å². The van der Waals surface area contributed by atoms with E-state index in [-0.39, 0.29) is 21.7 Å². The van der Waals surface area contributed by atoms with Gasteiger partial charge in [-0.2, -0.15) is 4.72 Å². The number of benzene rings is 1. The van der Waals surface area contributed by atoms with E-state index in [4.69, 9.17) is 16.3 Å². The van der Waals surface area contributed by atoms with Gasteiger partial charge < -0.3 is 10.1 Å². The highest BCUT2D eigenvalue weighted by Gasteiger charge is 2.22. The Morgan fingerprint density at radius 2 is 1.95 bits per heavy atom. The van der Waals surface area contributed by atoms with Crippen molar-refractivity contribution in [1.29, 1.82) is 0 Å². The van der Waals surface area contributed by atoms with Crippen molar-refractivity contribution < 1.29 is 17.9 Å². The molecule has 1 aromatic carbocycles. The van der Waals surface area contributed by atoms with Crippen LogP contribution in [0.15, 0.2) is 23.1 Å². The average Bonchev–Trinajstić information content (AvgIpc) is 2.43. The lowest BCUT2D eigenvalue weighted by Crippen LogP contribution is -2.45. The molecule has 1 atom stereocenters. The number of ether oxygens (including phenoxy) is 1. The number of carbonyl (C=O) groups is 1. The minimum atomic E-state index is -3.84. The lowest BCUT2D eigenvalue weighted by Gasteiger charge is -2.16. The van der Waals surface area contributed by atoms with Crippen molar-refractivity contribution in [2.45, 2.75) is 31.7 Å². The molecule has 0 spiro atoms. The maximum Gasteiger partial charge on any atom is 0.241 e. The number of amides is 1. The van der Waals surface area contributed by atoms with Crippen LogP contribution >= 0.6 is 11.6 Å². The molecule has 0 saturated carbocycles. The van der Waals surface area contributed by atoms with Gasteiger partial charge in [-0.05, 0) is 31.0 Å². The highest BCUT2D eigenvalue weighted by molar-refractivity contribution is 7.89. The van der Waals surface area contributed by atoms with Crippen molar-refractivity contribution in [2.75, 3.05) is 13.7 Å². The van der Waals surface area contributed by atoms with Crippen molar-refractivity contribution in [1.82, 2.24) is 10.0 Å². The standard InChI is InChI=1S/C14H21ClN2O4S/c1-9(2)8-16-14(18)10(3)17-22(19,20)11-5-6-13(21-4)12(15)7-11/h5-7,9-10,17H,8H2,1-4H3,(H,16,18)/t10-/m0/s1. The van der Waals surface area contributed by atoms with Gasteiger partial charge >= 0.3 is 0 Å². The van der Waals surface area contributed by atoms with E-state index >= 15 is 0 Å². The molecular weight excluding hydrogens is 328 g/mol. The molecule has 124 valence electrons. The minimum absolute atomic E-state index is 0.0261. The van der Waals surface area contributed by atoms with Crippen molar-refractivity contribution in [3.63, 3.8) is 0 Å². The maximum atomic E-state index is 12.2. The summed E-state index contributed by atoms with van der Waals surface area (Å²) in [6, 6.07) is 3.22. The predicted octanol–water partition coefficient (Wildman–Crippen LogP) is 1.79. The molecule has 0 fully saturated rings. The van der Waals surface area contributed by atoms with Crippen LogP contribution in [0.5, 0.6) is 5.75 Å². The molecule has 0 radical (unpaired) electrons. The van der Waals surface area contributed by atoms with Crippen LogP contribution in [0.1, 0.15) is 20.8 Å². The summed E-state index contributed by atoms with van der Waals surface area (Å²) in [7, 11) is -2.40. The highest BCUT2D eigenvalue weighted by atomic mass is 35.5. The number of sulfonamides is 1. The van der Waals surface area contributed by atoms with Gasteiger partial charge in [0.15, 0.2) is 0 Å². The number of hydrogen-bond acceptors (Lipinski definition) is 4. The number of halogens is 1. The fraction of sp³-hybridized carbons (Fsp3) is 0.500. The molecule has 0 aliphatic heterocycles. The van der Waals surface area contributed by atoms with Gasteiger partial charge in [0, 0.05) is 6.54 Å². The Morgan fingerprint density at radius 3 is 2.45 bits per heavy atom. The van der Waals surface area contributed by atoms with Gasteiger partial charge in [0.1, 0.15) is 5.75 Å². The summed E-state index contributed by atoms with van der Waals surface area (Å²) in [5.74, 6) is 0.286. The Kier molecular flexibility index (Phi) is 6.65. The molecular formula is C14H21ClN2O4S. The first kappa shape index (κ1) is 18.7. The summed E-state index contributed by atoms with van der Waals surface area (Å²) < 4.78 is 31.8. The second kappa shape index (κ2) is 7.80. The van der Waals surface area contributed by atoms with Crippen molar-refractivity contribution in [3.05, 3.63) is 23.2 Å². The first-order valence-corrected chi connectivity index (χ1v) is 8.67. The van der Waals surface area contributed by atoms with E-state index in [1.54, 1.807) is 0 Å². The number of hydrogen-bond donors (Lipinski definition) is 2. The number of nitrogens with one attached hydrogen (secondary N) is 2. The summed E-state index contributed by atoms with van der Waals surface area (Å²) in [6.07, 6.45) is 0. The molecule has 1 amide bonds. The minimum Gasteiger partial charge on any atom is -0.495 e. The zero-order valence-electron chi connectivity index (χ0n) is 13.0. The summed E-state index contributed by atoms with van der Waals surface area (Å²) in [4.78, 5) is 11.8. The summed E-state index contributed by atoms with van der Waals surface area (Å²) >= 11 is 5.92. The average molecular weight is 349 g/mol. The zero-order chi connectivity index (χ0) is 16.9. The van der Waals surface area contributed by atoms with Gasteiger partial charge in [-0.25, -0.2) is 8.42 Å². The third-order valence-corrected chi connectivity index (χ3v) is 4.68. The van der Waals surface area contributed by atoms with E-state index in [0.717, 1.165) is 0 Å². The number of methoxy groups -OCH3 is 1. The van der Waals surface area contributed by atoms with Crippen molar-refractivity contribution in [3.8, 4) is 5.75 Å². The molecule has 0 heterocycles. The van der Waals surface area contributed by atoms with Crippen LogP contribution < -0.4 is 14.8 Å². The normalized spacial score (nSPS) is 13.0. The third-order valence-electron chi connectivity index (χ3n) is 2.84. The number of rotatable bonds is 7. The monoisotopic (exact) mass is 348 g/mol. The van der Waals surface area contributed by atoms with Gasteiger partial charge in [0.25, 0.3) is 0 Å². The Labute approximate surface area is 136 Å². The Balaban J connectivity index is 2.82. The van der Waals surface area contributed by atoms with Crippen LogP contribution in [0.3, 0.4) is 0 Å². The van der Waals surface area contributed by atoms with Gasteiger partial charge in [-0.1, -0.05) is 25.4 Å². The topological polar surface area (TPSA) is 84.5 Å². The van der Waals surface area contributed by atoms with E-state index in [0.29, 0.717) is 12.3 Å². The van der Waals surface area contributed by atoms with E-state index < -0.39 is 16.1 Å². The maximum absolute atomic E-state index is 12.2. The molecule has 0 aliphatic carbocycles. The smallest absolute Gasteiger partial charge is 0.241 e. The van der Waals surface area contributed by atoms with Crippen molar-refractivity contribution in [2.24, 2.45) is 5.92 Å². The third kappa shape index (κ3) is 5.15. The van der Waals surface area contributed by atoms with E-state index in [9.17, 15) is 13.2 Å². The largest absolute Gasteiger partial charge is 0.495 e. The Morgan fingerprint density at radius 1 is 1.32 bits per heavy atom. The number of carbonyl (C=O) groups excluding carboxylic acids is 1. The van der Waals surface area contributed by atoms with E-state index in [1.165, 1.54) is 32.2 Å². The van der Waals surface area contributed by atoms with Crippen LogP contribution in [-0.2, 0) is 14.8 Å². The van der Waals surface area contributed by atoms with Gasteiger partial charge in [-0.15, -0.1) is 0 Å². The fourth-order valence-corrected chi connectivity index (χ4v) is 3.18. The molecule has 6 nitrogen and oxygen atoms in total. The first-order chi connectivity index (χ1) is 10.2. The molecule has 2 N–H and O–H groups in total. The van der Waals surface area contributed by atoms with Gasteiger partial charge in [0.2, 0.25) is 15.9 Å². The summed E-state index contributed by atoms with van der Waals surface area (Å²) in [5.41, 5.74) is 0. The lowest BCUT2D eigenvalue weighted by atomic mass is 10.2. The molecule has 0 bridgehead atoms. The Bertz CT molecular complexity index is 632. The molecule has 1 rings (SSSR count). The quantitative estimate of drug-likeness (QED) is 0.786. The van der Waals surface area contributed by atoms with Gasteiger partial charge in [0.05, 0.1) is 23.1 Å². The fourth-order valence-electron chi connectivity index (χ4n) is 1.63. The summed E-state index contributed by atoms with van der Waals surface area (Å²) in [5, 5.41) is 2.86. The Hall–Kier alpha value is -1.31. The second-order valence-electron chi connectivity index (χ2n) is 5.28. The highest BCUT2D eigenvalue weighted by Crippen LogP contribution is 2.26. The molecule has 0 aromatic heterocycles. The van der Waals surface area contributed by atoms with Crippen LogP contribution in [-0.4, -0.2) is 34.0 Å². The van der Waals surface area contributed by atoms with E-state index in [2.05, 4.69) is 10.0 Å². The van der Waals surface area contributed by atoms with Crippen LogP contribution in [0.25, 0.3) is 0 Å². The van der Waals surface area contributed by atoms with Crippen molar-refractivity contribution >= 4 is 27.5 Å². The van der Waals surface area contributed by atoms with Crippen LogP contribution in [0, 0.1) is 5.92 Å². The molecule has 0 aliphatic rings. The molecule has 22 heavy (non-hydrogen) atoms. The van der Waals surface area contributed by atoms with Crippen LogP contribution in [0.4, 0.5) is 0 Å². The zero-order valence-corrected chi connectivity index (χ0v) is 14.6. The molecule has 8 heteroatoms. The molecule has 1 aromatic rings. The molecule has 0 saturated heterocycles. The SMILES string of the molecule is COc1ccc(S(=O)(=O)N[C@@H](C)C(=O)NCC(C)C)cc1Cl. The second-order valence-corrected chi connectivity index (χ2v) is 7.40. The lowest BCUT2D eigenvalue weighted by molar-refractivity contribution is -0.122. The predicted molar refractivity (Wildman–Crippen MR) is 85.6 cm³/mol. The van der Waals surface area contributed by atoms with Gasteiger partial charge in [-0.3, -0.25) is 4.79 Å². The first-order valence-electron chi connectivity index (χ1n) is 6.81. The van der Waals surface area contributed by atoms with Crippen LogP contribution in [0.2, 0.25) is 5.02 Å². The molecule has 0 unspecified atom stereocenters.